The lowest BCUT2D eigenvalue weighted by Gasteiger charge is -2.52. The predicted molar refractivity (Wildman–Crippen MR) is 131 cm³/mol. The van der Waals surface area contributed by atoms with Gasteiger partial charge in [-0.3, -0.25) is 4.90 Å². The molecule has 0 saturated heterocycles. The number of nitrogens with one attached hydrogen (secondary N) is 1. The summed E-state index contributed by atoms with van der Waals surface area (Å²) < 4.78 is 0. The zero-order valence-corrected chi connectivity index (χ0v) is 20.0. The molecule has 0 radical (unpaired) electrons. The molecule has 2 saturated carbocycles. The summed E-state index contributed by atoms with van der Waals surface area (Å²) in [6.45, 7) is 19.2. The van der Waals surface area contributed by atoms with Crippen LogP contribution < -0.4 is 5.32 Å². The molecule has 2 fully saturated rings. The molecule has 164 valence electrons. The molecule has 30 heavy (non-hydrogen) atoms. The van der Waals surface area contributed by atoms with Gasteiger partial charge in [0.15, 0.2) is 0 Å². The molecule has 1 unspecified atom stereocenters. The van der Waals surface area contributed by atoms with Gasteiger partial charge in [0.25, 0.3) is 0 Å². The molecule has 0 heterocycles. The van der Waals surface area contributed by atoms with Crippen molar-refractivity contribution in [3.63, 3.8) is 0 Å². The summed E-state index contributed by atoms with van der Waals surface area (Å²) >= 11 is 0. The Kier molecular flexibility index (Phi) is 7.09. The van der Waals surface area contributed by atoms with Gasteiger partial charge in [0.05, 0.1) is 0 Å². The number of hydrogen-bond acceptors (Lipinski definition) is 2. The third-order valence-electron chi connectivity index (χ3n) is 6.71. The summed E-state index contributed by atoms with van der Waals surface area (Å²) in [4.78, 5) is 2.75. The summed E-state index contributed by atoms with van der Waals surface area (Å²) in [6.07, 6.45) is 12.1. The maximum Gasteiger partial charge on any atom is 0.0255 e. The minimum Gasteiger partial charge on any atom is -0.307 e. The number of benzene rings is 1. The molecule has 1 N–H and O–H groups in total. The van der Waals surface area contributed by atoms with Crippen molar-refractivity contribution in [3.8, 4) is 0 Å². The topological polar surface area (TPSA) is 15.3 Å². The van der Waals surface area contributed by atoms with E-state index in [1.807, 2.05) is 6.92 Å². The summed E-state index contributed by atoms with van der Waals surface area (Å²) in [6, 6.07) is 12.3. The Morgan fingerprint density at radius 1 is 1.07 bits per heavy atom. The van der Waals surface area contributed by atoms with E-state index in [-0.39, 0.29) is 11.1 Å². The Balaban J connectivity index is 1.55. The van der Waals surface area contributed by atoms with Crippen LogP contribution in [0.15, 0.2) is 66.8 Å². The molecule has 0 bridgehead atoms. The largest absolute Gasteiger partial charge is 0.307 e. The average molecular weight is 407 g/mol. The van der Waals surface area contributed by atoms with Crippen LogP contribution in [-0.4, -0.2) is 34.6 Å². The lowest BCUT2D eigenvalue weighted by Crippen LogP contribution is -2.60. The van der Waals surface area contributed by atoms with Crippen LogP contribution in [0.5, 0.6) is 0 Å². The van der Waals surface area contributed by atoms with Crippen molar-refractivity contribution in [2.45, 2.75) is 89.9 Å². The minimum atomic E-state index is 0.0812. The number of nitrogens with zero attached hydrogens (tertiary/aromatic N) is 1. The highest BCUT2D eigenvalue weighted by atomic mass is 15.3. The first-order chi connectivity index (χ1) is 14.1. The van der Waals surface area contributed by atoms with Gasteiger partial charge in [-0.25, -0.2) is 0 Å². The molecule has 1 aromatic carbocycles. The summed E-state index contributed by atoms with van der Waals surface area (Å²) in [5, 5.41) is 3.95. The molecule has 1 aromatic rings. The summed E-state index contributed by atoms with van der Waals surface area (Å²) in [5.74, 6) is 1.30. The van der Waals surface area contributed by atoms with Crippen molar-refractivity contribution in [2.75, 3.05) is 6.54 Å². The maximum atomic E-state index is 4.29. The fourth-order valence-corrected chi connectivity index (χ4v) is 4.91. The van der Waals surface area contributed by atoms with Crippen LogP contribution in [0, 0.1) is 5.92 Å². The Morgan fingerprint density at radius 2 is 1.73 bits per heavy atom. The third kappa shape index (κ3) is 5.95. The van der Waals surface area contributed by atoms with E-state index >= 15 is 0 Å². The second kappa shape index (κ2) is 9.24. The summed E-state index contributed by atoms with van der Waals surface area (Å²) in [7, 11) is 0. The Bertz CT molecular complexity index is 760. The molecule has 2 nitrogen and oxygen atoms in total. The van der Waals surface area contributed by atoms with E-state index in [0.717, 1.165) is 12.5 Å². The van der Waals surface area contributed by atoms with Crippen LogP contribution in [0.2, 0.25) is 0 Å². The lowest BCUT2D eigenvalue weighted by atomic mass is 9.73. The second-order valence-electron chi connectivity index (χ2n) is 11.0. The van der Waals surface area contributed by atoms with Crippen LogP contribution in [0.3, 0.4) is 0 Å². The maximum absolute atomic E-state index is 4.29. The van der Waals surface area contributed by atoms with Crippen LogP contribution >= 0.6 is 0 Å². The molecule has 2 heteroatoms. The van der Waals surface area contributed by atoms with Gasteiger partial charge < -0.3 is 5.32 Å². The van der Waals surface area contributed by atoms with E-state index in [1.54, 1.807) is 0 Å². The van der Waals surface area contributed by atoms with Crippen molar-refractivity contribution in [3.05, 3.63) is 72.4 Å². The number of rotatable bonds is 9. The van der Waals surface area contributed by atoms with Gasteiger partial charge in [-0.1, -0.05) is 66.8 Å². The van der Waals surface area contributed by atoms with Crippen molar-refractivity contribution in [2.24, 2.45) is 5.92 Å². The van der Waals surface area contributed by atoms with Crippen molar-refractivity contribution in [1.29, 1.82) is 0 Å². The zero-order chi connectivity index (χ0) is 21.9. The standard InChI is InChI=1S/C28H42N2/c1-8-9-11-14-21(2)25-19-26(25)29-28(6,7)20-30(27(3,4)5)24-17-23(18-24)22-15-12-10-13-16-22/h8-16,23-26,29H,2,17-20H2,1,3-7H3/b9-8-,14-11-/t23-,24+,25-,26?/m1/s1. The first kappa shape index (κ1) is 23.0. The molecule has 0 aliphatic heterocycles. The van der Waals surface area contributed by atoms with Crippen LogP contribution in [0.4, 0.5) is 0 Å². The average Bonchev–Trinajstić information content (AvgIpc) is 3.38. The number of allylic oxidation sites excluding steroid dienone is 4. The van der Waals surface area contributed by atoms with Crippen LogP contribution in [-0.2, 0) is 0 Å². The van der Waals surface area contributed by atoms with Gasteiger partial charge in [-0.15, -0.1) is 0 Å². The highest BCUT2D eigenvalue weighted by Crippen LogP contribution is 2.43. The van der Waals surface area contributed by atoms with E-state index in [2.05, 4.69) is 106 Å². The SMILES string of the molecule is C=C(/C=C\C=C/C)[C@H]1CC1NC(C)(C)CN([C@H]1C[C@@H](c2ccccc2)C1)C(C)(C)C. The molecular weight excluding hydrogens is 364 g/mol. The van der Waals surface area contributed by atoms with Gasteiger partial charge in [-0.05, 0) is 72.3 Å². The lowest BCUT2D eigenvalue weighted by molar-refractivity contribution is 0.00775. The molecule has 2 aliphatic rings. The van der Waals surface area contributed by atoms with Gasteiger partial charge in [0.1, 0.15) is 0 Å². The van der Waals surface area contributed by atoms with Crippen molar-refractivity contribution < 1.29 is 0 Å². The van der Waals surface area contributed by atoms with Gasteiger partial charge in [0.2, 0.25) is 0 Å². The van der Waals surface area contributed by atoms with E-state index in [4.69, 9.17) is 0 Å². The zero-order valence-electron chi connectivity index (χ0n) is 20.0. The summed E-state index contributed by atoms with van der Waals surface area (Å²) in [5.41, 5.74) is 3.01. The first-order valence-electron chi connectivity index (χ1n) is 11.7. The van der Waals surface area contributed by atoms with E-state index in [9.17, 15) is 0 Å². The molecule has 0 amide bonds. The Morgan fingerprint density at radius 3 is 2.33 bits per heavy atom. The van der Waals surface area contributed by atoms with Gasteiger partial charge in [0, 0.05) is 35.6 Å². The highest BCUT2D eigenvalue weighted by Gasteiger charge is 2.44. The van der Waals surface area contributed by atoms with Gasteiger partial charge in [-0.2, -0.15) is 0 Å². The predicted octanol–water partition coefficient (Wildman–Crippen LogP) is 6.48. The number of hydrogen-bond donors (Lipinski definition) is 1. The fraction of sp³-hybridized carbons (Fsp3) is 0.571. The van der Waals surface area contributed by atoms with E-state index in [0.29, 0.717) is 18.0 Å². The molecular formula is C28H42N2. The van der Waals surface area contributed by atoms with Crippen LogP contribution in [0.1, 0.15) is 72.3 Å². The normalized spacial score (nSPS) is 27.0. The van der Waals surface area contributed by atoms with Gasteiger partial charge >= 0.3 is 0 Å². The Labute approximate surface area is 185 Å². The third-order valence-corrected chi connectivity index (χ3v) is 6.71. The quantitative estimate of drug-likeness (QED) is 0.472. The highest BCUT2D eigenvalue weighted by molar-refractivity contribution is 5.28. The Hall–Kier alpha value is -1.64. The first-order valence-corrected chi connectivity index (χ1v) is 11.7. The fourth-order valence-electron chi connectivity index (χ4n) is 4.91. The van der Waals surface area contributed by atoms with Crippen molar-refractivity contribution >= 4 is 0 Å². The van der Waals surface area contributed by atoms with Crippen molar-refractivity contribution in [1.82, 2.24) is 10.2 Å². The molecule has 3 rings (SSSR count). The molecule has 2 aliphatic carbocycles. The van der Waals surface area contributed by atoms with Crippen LogP contribution in [0.25, 0.3) is 0 Å². The van der Waals surface area contributed by atoms with E-state index in [1.165, 1.54) is 30.4 Å². The monoisotopic (exact) mass is 406 g/mol. The molecule has 0 aromatic heterocycles. The smallest absolute Gasteiger partial charge is 0.0255 e. The molecule has 0 spiro atoms. The second-order valence-corrected chi connectivity index (χ2v) is 11.0. The molecule has 2 atom stereocenters. The minimum absolute atomic E-state index is 0.0812. The van der Waals surface area contributed by atoms with E-state index < -0.39 is 0 Å².